The van der Waals surface area contributed by atoms with E-state index in [1.54, 1.807) is 0 Å². The summed E-state index contributed by atoms with van der Waals surface area (Å²) in [6.07, 6.45) is 0. The second-order valence-corrected chi connectivity index (χ2v) is 8.16. The molecule has 0 amide bonds. The number of hydrogen-bond acceptors (Lipinski definition) is 5. The van der Waals surface area contributed by atoms with Crippen LogP contribution in [0.15, 0.2) is 53.5 Å². The number of anilines is 1. The molecule has 7 nitrogen and oxygen atoms in total. The summed E-state index contributed by atoms with van der Waals surface area (Å²) in [4.78, 5) is 9.30. The molecule has 2 aromatic rings. The molecule has 2 N–H and O–H groups in total. The molecule has 2 aromatic carbocycles. The summed E-state index contributed by atoms with van der Waals surface area (Å²) in [5, 5.41) is 6.99. The number of aliphatic imine (C=N–C) groups is 1. The lowest BCUT2D eigenvalue weighted by atomic mass is 10.1. The van der Waals surface area contributed by atoms with Crippen LogP contribution in [-0.4, -0.2) is 70.5 Å². The lowest BCUT2D eigenvalue weighted by molar-refractivity contribution is 0.0341. The van der Waals surface area contributed by atoms with Crippen LogP contribution in [-0.2, 0) is 29.1 Å². The van der Waals surface area contributed by atoms with Gasteiger partial charge in [0.15, 0.2) is 5.96 Å². The van der Waals surface area contributed by atoms with Crippen molar-refractivity contribution in [2.24, 2.45) is 4.99 Å². The van der Waals surface area contributed by atoms with Crippen LogP contribution < -0.4 is 15.5 Å². The second kappa shape index (κ2) is 11.9. The average Bonchev–Trinajstić information content (AvgIpc) is 2.86. The minimum Gasteiger partial charge on any atom is -0.379 e. The maximum Gasteiger partial charge on any atom is 0.191 e. The van der Waals surface area contributed by atoms with Gasteiger partial charge in [0.2, 0.25) is 0 Å². The average molecular weight is 438 g/mol. The highest BCUT2D eigenvalue weighted by atomic mass is 16.5. The van der Waals surface area contributed by atoms with E-state index in [0.717, 1.165) is 78.2 Å². The Labute approximate surface area is 191 Å². The summed E-state index contributed by atoms with van der Waals surface area (Å²) in [5.41, 5.74) is 5.20. The van der Waals surface area contributed by atoms with Gasteiger partial charge in [0.25, 0.3) is 0 Å². The first-order valence-corrected chi connectivity index (χ1v) is 11.6. The van der Waals surface area contributed by atoms with E-state index in [2.05, 4.69) is 74.0 Å². The molecule has 0 unspecified atom stereocenters. The Morgan fingerprint density at radius 3 is 2.03 bits per heavy atom. The van der Waals surface area contributed by atoms with Crippen LogP contribution in [0.3, 0.4) is 0 Å². The maximum absolute atomic E-state index is 5.51. The lowest BCUT2D eigenvalue weighted by Crippen LogP contribution is -2.39. The summed E-state index contributed by atoms with van der Waals surface area (Å²) >= 11 is 0. The molecule has 2 saturated heterocycles. The van der Waals surface area contributed by atoms with Crippen molar-refractivity contribution in [3.63, 3.8) is 0 Å². The van der Waals surface area contributed by atoms with Gasteiger partial charge in [-0.15, -0.1) is 0 Å². The highest BCUT2D eigenvalue weighted by Gasteiger charge is 2.15. The molecule has 0 aromatic heterocycles. The van der Waals surface area contributed by atoms with Crippen molar-refractivity contribution in [1.82, 2.24) is 15.5 Å². The van der Waals surface area contributed by atoms with E-state index in [1.165, 1.54) is 22.4 Å². The summed E-state index contributed by atoms with van der Waals surface area (Å²) in [6, 6.07) is 17.2. The molecule has 0 bridgehead atoms. The smallest absolute Gasteiger partial charge is 0.191 e. The van der Waals surface area contributed by atoms with Gasteiger partial charge in [-0.2, -0.15) is 0 Å². The first-order valence-electron chi connectivity index (χ1n) is 11.6. The molecular weight excluding hydrogens is 402 g/mol. The van der Waals surface area contributed by atoms with E-state index in [-0.39, 0.29) is 0 Å². The van der Waals surface area contributed by atoms with Gasteiger partial charge in [-0.3, -0.25) is 9.89 Å². The largest absolute Gasteiger partial charge is 0.379 e. The molecule has 4 rings (SSSR count). The minimum absolute atomic E-state index is 0.725. The first-order chi connectivity index (χ1) is 15.8. The molecule has 2 fully saturated rings. The van der Waals surface area contributed by atoms with Crippen LogP contribution in [0.1, 0.15) is 16.7 Å². The van der Waals surface area contributed by atoms with E-state index in [0.29, 0.717) is 0 Å². The Morgan fingerprint density at radius 1 is 0.781 bits per heavy atom. The number of ether oxygens (including phenoxy) is 2. The molecule has 7 heteroatoms. The van der Waals surface area contributed by atoms with Crippen molar-refractivity contribution in [3.05, 3.63) is 65.2 Å². The monoisotopic (exact) mass is 437 g/mol. The zero-order valence-corrected chi connectivity index (χ0v) is 19.1. The van der Waals surface area contributed by atoms with Crippen molar-refractivity contribution < 1.29 is 9.47 Å². The third kappa shape index (κ3) is 6.22. The molecule has 0 radical (unpaired) electrons. The zero-order chi connectivity index (χ0) is 22.0. The number of nitrogens with one attached hydrogen (secondary N) is 2. The van der Waals surface area contributed by atoms with Crippen LogP contribution >= 0.6 is 0 Å². The Kier molecular flexibility index (Phi) is 8.36. The van der Waals surface area contributed by atoms with E-state index in [4.69, 9.17) is 9.47 Å². The van der Waals surface area contributed by atoms with Crippen molar-refractivity contribution >= 4 is 11.6 Å². The van der Waals surface area contributed by atoms with Gasteiger partial charge in [0, 0.05) is 58.5 Å². The normalized spacial score (nSPS) is 17.9. The summed E-state index contributed by atoms with van der Waals surface area (Å²) in [7, 11) is 1.82. The Morgan fingerprint density at radius 2 is 1.34 bits per heavy atom. The van der Waals surface area contributed by atoms with Gasteiger partial charge in [-0.05, 0) is 22.8 Å². The third-order valence-corrected chi connectivity index (χ3v) is 6.08. The van der Waals surface area contributed by atoms with E-state index in [9.17, 15) is 0 Å². The predicted molar refractivity (Wildman–Crippen MR) is 129 cm³/mol. The number of rotatable bonds is 7. The fourth-order valence-corrected chi connectivity index (χ4v) is 4.24. The molecule has 2 aliphatic heterocycles. The number of morpholine rings is 2. The van der Waals surface area contributed by atoms with Crippen molar-refractivity contribution in [1.29, 1.82) is 0 Å². The van der Waals surface area contributed by atoms with E-state index in [1.807, 2.05) is 7.05 Å². The SMILES string of the molecule is CN=C(NCc1ccccc1CN1CCOCC1)NCc1ccccc1N1CCOCC1. The van der Waals surface area contributed by atoms with Crippen LogP contribution in [0, 0.1) is 0 Å². The Bertz CT molecular complexity index is 876. The van der Waals surface area contributed by atoms with E-state index < -0.39 is 0 Å². The van der Waals surface area contributed by atoms with Crippen LogP contribution in [0.25, 0.3) is 0 Å². The highest BCUT2D eigenvalue weighted by molar-refractivity contribution is 5.79. The van der Waals surface area contributed by atoms with Gasteiger partial charge in [-0.25, -0.2) is 0 Å². The van der Waals surface area contributed by atoms with E-state index >= 15 is 0 Å². The Balaban J connectivity index is 1.34. The quantitative estimate of drug-likeness (QED) is 0.512. The van der Waals surface area contributed by atoms with Crippen molar-refractivity contribution in [2.75, 3.05) is 64.6 Å². The lowest BCUT2D eigenvalue weighted by Gasteiger charge is -2.30. The molecule has 2 heterocycles. The topological polar surface area (TPSA) is 61.4 Å². The van der Waals surface area contributed by atoms with Crippen LogP contribution in [0.2, 0.25) is 0 Å². The van der Waals surface area contributed by atoms with Gasteiger partial charge < -0.3 is 25.0 Å². The Hall–Kier alpha value is -2.61. The molecule has 32 heavy (non-hydrogen) atoms. The number of hydrogen-bond donors (Lipinski definition) is 2. The van der Waals surface area contributed by atoms with Gasteiger partial charge >= 0.3 is 0 Å². The molecule has 0 saturated carbocycles. The second-order valence-electron chi connectivity index (χ2n) is 8.16. The van der Waals surface area contributed by atoms with Crippen molar-refractivity contribution in [3.8, 4) is 0 Å². The third-order valence-electron chi connectivity index (χ3n) is 6.08. The van der Waals surface area contributed by atoms with Crippen LogP contribution in [0.4, 0.5) is 5.69 Å². The first kappa shape index (κ1) is 22.6. The maximum atomic E-state index is 5.51. The summed E-state index contributed by atoms with van der Waals surface area (Å²) in [5.74, 6) is 0.808. The number of benzene rings is 2. The van der Waals surface area contributed by atoms with Gasteiger partial charge in [-0.1, -0.05) is 42.5 Å². The molecule has 2 aliphatic rings. The summed E-state index contributed by atoms with van der Waals surface area (Å²) in [6.45, 7) is 9.50. The minimum atomic E-state index is 0.725. The molecule has 0 aliphatic carbocycles. The van der Waals surface area contributed by atoms with Gasteiger partial charge in [0.1, 0.15) is 0 Å². The standard InChI is InChI=1S/C25H35N5O2/c1-26-25(28-19-22-7-4-5-9-24(22)30-12-16-32-17-13-30)27-18-21-6-2-3-8-23(21)20-29-10-14-31-15-11-29/h2-9H,10-20H2,1H3,(H2,26,27,28). The van der Waals surface area contributed by atoms with Gasteiger partial charge in [0.05, 0.1) is 26.4 Å². The molecule has 172 valence electrons. The number of nitrogens with zero attached hydrogens (tertiary/aromatic N) is 3. The molecular formula is C25H35N5O2. The van der Waals surface area contributed by atoms with Crippen LogP contribution in [0.5, 0.6) is 0 Å². The molecule has 0 atom stereocenters. The predicted octanol–water partition coefficient (Wildman–Crippen LogP) is 2.22. The number of guanidine groups is 1. The molecule has 0 spiro atoms. The fourth-order valence-electron chi connectivity index (χ4n) is 4.24. The fraction of sp³-hybridized carbons (Fsp3) is 0.480. The highest BCUT2D eigenvalue weighted by Crippen LogP contribution is 2.21. The zero-order valence-electron chi connectivity index (χ0n) is 19.1. The summed E-state index contributed by atoms with van der Waals surface area (Å²) < 4.78 is 11.0. The van der Waals surface area contributed by atoms with Crippen molar-refractivity contribution in [2.45, 2.75) is 19.6 Å². The number of para-hydroxylation sites is 1.